The molecular weight excluding hydrogens is 318 g/mol. The molecule has 2 heterocycles. The van der Waals surface area contributed by atoms with Crippen molar-refractivity contribution >= 4 is 33.4 Å². The Morgan fingerprint density at radius 2 is 2.33 bits per heavy atom. The lowest BCUT2D eigenvalue weighted by atomic mass is 10.4. The molecule has 6 nitrogen and oxygen atoms in total. The Morgan fingerprint density at radius 3 is 3.00 bits per heavy atom. The number of nitrogen functional groups attached to an aromatic ring is 1. The first-order chi connectivity index (χ1) is 8.65. The van der Waals surface area contributed by atoms with Crippen molar-refractivity contribution in [3.05, 3.63) is 27.2 Å². The molecule has 1 aliphatic carbocycles. The summed E-state index contributed by atoms with van der Waals surface area (Å²) in [7, 11) is 0. The molecule has 1 saturated carbocycles. The van der Waals surface area contributed by atoms with E-state index in [2.05, 4.69) is 31.1 Å². The minimum absolute atomic E-state index is 0.161. The number of nitrogens with two attached hydrogens (primary N) is 1. The van der Waals surface area contributed by atoms with Crippen molar-refractivity contribution in [2.45, 2.75) is 29.1 Å². The zero-order valence-electron chi connectivity index (χ0n) is 9.26. The number of nitrogens with one attached hydrogen (secondary N) is 1. The Hall–Kier alpha value is -1.28. The van der Waals surface area contributed by atoms with Gasteiger partial charge in [-0.2, -0.15) is 0 Å². The molecule has 0 saturated heterocycles. The van der Waals surface area contributed by atoms with Crippen molar-refractivity contribution in [3.63, 3.8) is 0 Å². The second-order valence-corrected chi connectivity index (χ2v) is 5.88. The highest BCUT2D eigenvalue weighted by Gasteiger charge is 2.29. The van der Waals surface area contributed by atoms with Gasteiger partial charge in [0.2, 0.25) is 0 Å². The van der Waals surface area contributed by atoms with Crippen LogP contribution in [0.4, 0.5) is 5.69 Å². The van der Waals surface area contributed by atoms with Crippen molar-refractivity contribution in [2.75, 3.05) is 5.73 Å². The molecule has 2 aromatic rings. The normalized spacial score (nSPS) is 14.9. The Kier molecular flexibility index (Phi) is 2.90. The smallest absolute Gasteiger partial charge is 0.344 e. The number of pyridine rings is 1. The van der Waals surface area contributed by atoms with Gasteiger partial charge < -0.3 is 5.73 Å². The number of hydrogen-bond acceptors (Lipinski definition) is 5. The molecule has 1 aliphatic rings. The van der Waals surface area contributed by atoms with Crippen LogP contribution in [0.1, 0.15) is 18.9 Å². The summed E-state index contributed by atoms with van der Waals surface area (Å²) >= 11 is 4.75. The quantitative estimate of drug-likeness (QED) is 0.897. The summed E-state index contributed by atoms with van der Waals surface area (Å²) in [5.74, 6) is 0. The maximum Gasteiger partial charge on any atom is 0.344 e. The number of H-pyrrole nitrogens is 1. The van der Waals surface area contributed by atoms with Crippen LogP contribution in [-0.2, 0) is 0 Å². The van der Waals surface area contributed by atoms with E-state index in [0.29, 0.717) is 10.8 Å². The number of aromatic nitrogens is 4. The van der Waals surface area contributed by atoms with Gasteiger partial charge >= 0.3 is 5.69 Å². The summed E-state index contributed by atoms with van der Waals surface area (Å²) in [6.07, 6.45) is 3.64. The molecule has 8 heteroatoms. The number of hydrogen-bond donors (Lipinski definition) is 2. The van der Waals surface area contributed by atoms with Crippen molar-refractivity contribution in [3.8, 4) is 0 Å². The molecule has 2 aromatic heterocycles. The third-order valence-corrected chi connectivity index (χ3v) is 4.46. The lowest BCUT2D eigenvalue weighted by molar-refractivity contribution is 0.642. The summed E-state index contributed by atoms with van der Waals surface area (Å²) in [5, 5.41) is 7.89. The largest absolute Gasteiger partial charge is 0.397 e. The zero-order chi connectivity index (χ0) is 12.7. The van der Waals surface area contributed by atoms with Crippen LogP contribution in [0.5, 0.6) is 0 Å². The zero-order valence-corrected chi connectivity index (χ0v) is 11.7. The number of nitrogens with zero attached hydrogens (tertiary/aromatic N) is 3. The molecule has 18 heavy (non-hydrogen) atoms. The van der Waals surface area contributed by atoms with Crippen molar-refractivity contribution in [1.82, 2.24) is 19.7 Å². The molecule has 0 radical (unpaired) electrons. The monoisotopic (exact) mass is 327 g/mol. The van der Waals surface area contributed by atoms with Crippen molar-refractivity contribution in [1.29, 1.82) is 0 Å². The number of rotatable bonds is 3. The Morgan fingerprint density at radius 1 is 1.56 bits per heavy atom. The molecule has 94 valence electrons. The molecule has 0 amide bonds. The van der Waals surface area contributed by atoms with Crippen LogP contribution in [0, 0.1) is 0 Å². The molecule has 0 spiro atoms. The maximum absolute atomic E-state index is 11.6. The van der Waals surface area contributed by atoms with E-state index in [-0.39, 0.29) is 11.7 Å². The van der Waals surface area contributed by atoms with Crippen LogP contribution in [0.25, 0.3) is 0 Å². The Balaban J connectivity index is 1.94. The highest BCUT2D eigenvalue weighted by Crippen LogP contribution is 2.38. The van der Waals surface area contributed by atoms with Crippen molar-refractivity contribution < 1.29 is 0 Å². The summed E-state index contributed by atoms with van der Waals surface area (Å²) in [6, 6.07) is 2.06. The van der Waals surface area contributed by atoms with Gasteiger partial charge in [-0.3, -0.25) is 4.57 Å². The van der Waals surface area contributed by atoms with Gasteiger partial charge in [0, 0.05) is 6.04 Å². The second-order valence-electron chi connectivity index (χ2n) is 4.07. The third kappa shape index (κ3) is 2.17. The van der Waals surface area contributed by atoms with E-state index in [4.69, 9.17) is 5.73 Å². The van der Waals surface area contributed by atoms with Gasteiger partial charge in [-0.15, -0.1) is 5.10 Å². The van der Waals surface area contributed by atoms with Gasteiger partial charge in [-0.1, -0.05) is 0 Å². The molecule has 0 aliphatic heterocycles. The fourth-order valence-corrected chi connectivity index (χ4v) is 3.08. The Bertz CT molecular complexity index is 648. The molecule has 0 aromatic carbocycles. The minimum Gasteiger partial charge on any atom is -0.397 e. The predicted octanol–water partition coefficient (Wildman–Crippen LogP) is 1.80. The maximum atomic E-state index is 11.6. The van der Waals surface area contributed by atoms with Gasteiger partial charge in [-0.25, -0.2) is 14.9 Å². The van der Waals surface area contributed by atoms with Gasteiger partial charge in [0.25, 0.3) is 0 Å². The first kappa shape index (κ1) is 11.8. The van der Waals surface area contributed by atoms with E-state index in [1.807, 2.05) is 0 Å². The molecule has 3 N–H and O–H groups in total. The van der Waals surface area contributed by atoms with Gasteiger partial charge in [0.1, 0.15) is 5.03 Å². The van der Waals surface area contributed by atoms with E-state index in [0.717, 1.165) is 22.3 Å². The van der Waals surface area contributed by atoms with E-state index < -0.39 is 0 Å². The molecule has 0 atom stereocenters. The molecule has 3 rings (SSSR count). The average molecular weight is 328 g/mol. The highest BCUT2D eigenvalue weighted by molar-refractivity contribution is 9.10. The molecule has 0 unspecified atom stereocenters. The van der Waals surface area contributed by atoms with E-state index >= 15 is 0 Å². The fraction of sp³-hybridized carbons (Fsp3) is 0.300. The SMILES string of the molecule is Nc1cnc(Sc2n[nH]c(=O)n2C2CC2)c(Br)c1. The van der Waals surface area contributed by atoms with Crippen LogP contribution in [0.2, 0.25) is 0 Å². The lowest BCUT2D eigenvalue weighted by Gasteiger charge is -2.04. The van der Waals surface area contributed by atoms with Crippen LogP contribution >= 0.6 is 27.7 Å². The van der Waals surface area contributed by atoms with Crippen LogP contribution in [0.3, 0.4) is 0 Å². The van der Waals surface area contributed by atoms with Gasteiger partial charge in [0.05, 0.1) is 16.4 Å². The first-order valence-corrected chi connectivity index (χ1v) is 7.02. The Labute approximate surface area is 115 Å². The summed E-state index contributed by atoms with van der Waals surface area (Å²) in [5.41, 5.74) is 6.06. The molecule has 1 fully saturated rings. The molecular formula is C10H10BrN5OS. The van der Waals surface area contributed by atoms with Crippen LogP contribution < -0.4 is 11.4 Å². The second kappa shape index (κ2) is 4.43. The lowest BCUT2D eigenvalue weighted by Crippen LogP contribution is -2.16. The summed E-state index contributed by atoms with van der Waals surface area (Å²) < 4.78 is 2.49. The minimum atomic E-state index is -0.161. The van der Waals surface area contributed by atoms with Crippen LogP contribution in [0.15, 0.2) is 31.7 Å². The van der Waals surface area contributed by atoms with Crippen molar-refractivity contribution in [2.24, 2.45) is 0 Å². The average Bonchev–Trinajstić information content (AvgIpc) is 3.08. The topological polar surface area (TPSA) is 89.6 Å². The van der Waals surface area contributed by atoms with E-state index in [9.17, 15) is 4.79 Å². The number of anilines is 1. The highest BCUT2D eigenvalue weighted by atomic mass is 79.9. The molecule has 0 bridgehead atoms. The summed E-state index contributed by atoms with van der Waals surface area (Å²) in [4.78, 5) is 15.9. The van der Waals surface area contributed by atoms with E-state index in [1.54, 1.807) is 16.8 Å². The first-order valence-electron chi connectivity index (χ1n) is 5.41. The predicted molar refractivity (Wildman–Crippen MR) is 71.6 cm³/mol. The number of halogens is 1. The summed E-state index contributed by atoms with van der Waals surface area (Å²) in [6.45, 7) is 0. The van der Waals surface area contributed by atoms with Gasteiger partial charge in [-0.05, 0) is 46.6 Å². The fourth-order valence-electron chi connectivity index (χ4n) is 1.62. The van der Waals surface area contributed by atoms with Gasteiger partial charge in [0.15, 0.2) is 5.16 Å². The van der Waals surface area contributed by atoms with E-state index in [1.165, 1.54) is 11.8 Å². The third-order valence-electron chi connectivity index (χ3n) is 2.60. The number of aromatic amines is 1. The van der Waals surface area contributed by atoms with Crippen LogP contribution in [-0.4, -0.2) is 19.7 Å². The standard InChI is InChI=1S/C10H10BrN5OS/c11-7-3-5(12)4-13-8(7)18-10-15-14-9(17)16(10)6-1-2-6/h3-4,6H,1-2,12H2,(H,14,17).